The molecule has 126 valence electrons. The Kier molecular flexibility index (Phi) is 4.73. The lowest BCUT2D eigenvalue weighted by Gasteiger charge is -2.06. The van der Waals surface area contributed by atoms with Gasteiger partial charge in [-0.25, -0.2) is 13.4 Å². The zero-order valence-electron chi connectivity index (χ0n) is 12.3. The number of nitrogens with zero attached hydrogens (tertiary/aromatic N) is 3. The van der Waals surface area contributed by atoms with E-state index in [4.69, 9.17) is 4.52 Å². The zero-order valence-corrected chi connectivity index (χ0v) is 13.1. The van der Waals surface area contributed by atoms with Crippen LogP contribution in [0.1, 0.15) is 31.1 Å². The molecule has 0 spiro atoms. The third kappa shape index (κ3) is 4.50. The van der Waals surface area contributed by atoms with E-state index in [-0.39, 0.29) is 11.8 Å². The maximum Gasteiger partial charge on any atom is 0.417 e. The van der Waals surface area contributed by atoms with Crippen molar-refractivity contribution in [2.24, 2.45) is 5.92 Å². The molecule has 0 saturated heterocycles. The van der Waals surface area contributed by atoms with E-state index < -0.39 is 32.4 Å². The Hall–Kier alpha value is -1.97. The van der Waals surface area contributed by atoms with Gasteiger partial charge in [-0.3, -0.25) is 0 Å². The third-order valence-electron chi connectivity index (χ3n) is 2.80. The molecule has 0 aromatic carbocycles. The Bertz CT molecular complexity index is 768. The van der Waals surface area contributed by atoms with Crippen molar-refractivity contribution in [3.05, 3.63) is 35.6 Å². The molecule has 10 heteroatoms. The molecule has 2 heterocycles. The Morgan fingerprint density at radius 3 is 2.48 bits per heavy atom. The van der Waals surface area contributed by atoms with E-state index in [1.807, 2.05) is 13.8 Å². The SMILES string of the molecule is CC(C)Cc1noc(CS(=O)(=O)c2ccc(C(F)(F)F)cn2)n1. The number of alkyl halides is 3. The second-order valence-electron chi connectivity index (χ2n) is 5.34. The fraction of sp³-hybridized carbons (Fsp3) is 0.462. The van der Waals surface area contributed by atoms with Gasteiger partial charge in [0.15, 0.2) is 10.9 Å². The number of aromatic nitrogens is 3. The first-order chi connectivity index (χ1) is 10.6. The van der Waals surface area contributed by atoms with Gasteiger partial charge in [0.2, 0.25) is 15.7 Å². The van der Waals surface area contributed by atoms with Crippen LogP contribution in [0.4, 0.5) is 13.2 Å². The van der Waals surface area contributed by atoms with E-state index in [0.717, 1.165) is 6.07 Å². The van der Waals surface area contributed by atoms with Gasteiger partial charge in [0.1, 0.15) is 5.75 Å². The van der Waals surface area contributed by atoms with Crippen LogP contribution in [0.5, 0.6) is 0 Å². The molecule has 23 heavy (non-hydrogen) atoms. The highest BCUT2D eigenvalue weighted by molar-refractivity contribution is 7.90. The molecular formula is C13H14F3N3O3S. The molecule has 6 nitrogen and oxygen atoms in total. The van der Waals surface area contributed by atoms with Crippen LogP contribution in [-0.2, 0) is 28.2 Å². The van der Waals surface area contributed by atoms with Crippen LogP contribution in [0, 0.1) is 5.92 Å². The molecule has 2 rings (SSSR count). The van der Waals surface area contributed by atoms with Gasteiger partial charge in [0, 0.05) is 12.6 Å². The minimum Gasteiger partial charge on any atom is -0.338 e. The monoisotopic (exact) mass is 349 g/mol. The van der Waals surface area contributed by atoms with Crippen LogP contribution >= 0.6 is 0 Å². The van der Waals surface area contributed by atoms with Crippen molar-refractivity contribution in [1.29, 1.82) is 0 Å². The van der Waals surface area contributed by atoms with Crippen LogP contribution < -0.4 is 0 Å². The van der Waals surface area contributed by atoms with E-state index in [1.165, 1.54) is 0 Å². The summed E-state index contributed by atoms with van der Waals surface area (Å²) in [5, 5.41) is 3.18. The molecule has 0 bridgehead atoms. The lowest BCUT2D eigenvalue weighted by atomic mass is 10.1. The van der Waals surface area contributed by atoms with Gasteiger partial charge in [0.05, 0.1) is 5.56 Å². The average Bonchev–Trinajstić information content (AvgIpc) is 2.83. The van der Waals surface area contributed by atoms with E-state index in [1.54, 1.807) is 0 Å². The molecule has 0 aliphatic heterocycles. The molecule has 0 fully saturated rings. The minimum atomic E-state index is -4.58. The number of rotatable bonds is 5. The highest BCUT2D eigenvalue weighted by Crippen LogP contribution is 2.29. The largest absolute Gasteiger partial charge is 0.417 e. The van der Waals surface area contributed by atoms with Crippen molar-refractivity contribution in [2.75, 3.05) is 0 Å². The van der Waals surface area contributed by atoms with Crippen LogP contribution in [-0.4, -0.2) is 23.5 Å². The first-order valence-electron chi connectivity index (χ1n) is 6.65. The fourth-order valence-corrected chi connectivity index (χ4v) is 2.84. The van der Waals surface area contributed by atoms with E-state index >= 15 is 0 Å². The summed E-state index contributed by atoms with van der Waals surface area (Å²) >= 11 is 0. The van der Waals surface area contributed by atoms with E-state index in [9.17, 15) is 21.6 Å². The summed E-state index contributed by atoms with van der Waals surface area (Å²) < 4.78 is 66.4. The van der Waals surface area contributed by atoms with Crippen molar-refractivity contribution in [1.82, 2.24) is 15.1 Å². The van der Waals surface area contributed by atoms with E-state index in [0.29, 0.717) is 24.5 Å². The van der Waals surface area contributed by atoms with Crippen LogP contribution in [0.2, 0.25) is 0 Å². The second kappa shape index (κ2) is 6.26. The van der Waals surface area contributed by atoms with Crippen molar-refractivity contribution in [2.45, 2.75) is 37.2 Å². The summed E-state index contributed by atoms with van der Waals surface area (Å²) in [6, 6.07) is 1.47. The molecule has 0 atom stereocenters. The molecule has 0 aliphatic carbocycles. The molecule has 0 amide bonds. The molecule has 2 aromatic heterocycles. The quantitative estimate of drug-likeness (QED) is 0.825. The number of hydrogen-bond acceptors (Lipinski definition) is 6. The molecule has 0 aliphatic rings. The maximum atomic E-state index is 12.4. The Balaban J connectivity index is 2.17. The average molecular weight is 349 g/mol. The number of halogens is 3. The maximum absolute atomic E-state index is 12.4. The number of pyridine rings is 1. The van der Waals surface area contributed by atoms with E-state index in [2.05, 4.69) is 15.1 Å². The number of hydrogen-bond donors (Lipinski definition) is 0. The lowest BCUT2D eigenvalue weighted by Crippen LogP contribution is -2.10. The van der Waals surface area contributed by atoms with Crippen molar-refractivity contribution in [3.8, 4) is 0 Å². The smallest absolute Gasteiger partial charge is 0.338 e. The Labute approximate surface area is 130 Å². The van der Waals surface area contributed by atoms with Crippen LogP contribution in [0.25, 0.3) is 0 Å². The highest BCUT2D eigenvalue weighted by Gasteiger charge is 2.31. The van der Waals surface area contributed by atoms with Gasteiger partial charge in [-0.2, -0.15) is 18.2 Å². The zero-order chi connectivity index (χ0) is 17.3. The standard InChI is InChI=1S/C13H14F3N3O3S/c1-8(2)5-10-18-11(22-19-10)7-23(20,21)12-4-3-9(6-17-12)13(14,15)16/h3-4,6,8H,5,7H2,1-2H3. The predicted octanol–water partition coefficient (Wildman–Crippen LogP) is 2.66. The fourth-order valence-electron chi connectivity index (χ4n) is 1.77. The molecular weight excluding hydrogens is 335 g/mol. The van der Waals surface area contributed by atoms with Crippen LogP contribution in [0.15, 0.2) is 27.9 Å². The Morgan fingerprint density at radius 2 is 1.96 bits per heavy atom. The summed E-state index contributed by atoms with van der Waals surface area (Å²) in [5.74, 6) is -0.0854. The molecule has 0 N–H and O–H groups in total. The van der Waals surface area contributed by atoms with Crippen LogP contribution in [0.3, 0.4) is 0 Å². The topological polar surface area (TPSA) is 86.0 Å². The number of sulfone groups is 1. The molecule has 0 unspecified atom stereocenters. The van der Waals surface area contributed by atoms with Gasteiger partial charge in [-0.15, -0.1) is 0 Å². The summed E-state index contributed by atoms with van der Waals surface area (Å²) in [6.07, 6.45) is -3.57. The first kappa shape index (κ1) is 17.4. The second-order valence-corrected chi connectivity index (χ2v) is 7.28. The van der Waals surface area contributed by atoms with Gasteiger partial charge < -0.3 is 4.52 Å². The highest BCUT2D eigenvalue weighted by atomic mass is 32.2. The van der Waals surface area contributed by atoms with Gasteiger partial charge >= 0.3 is 6.18 Å². The summed E-state index contributed by atoms with van der Waals surface area (Å²) in [5.41, 5.74) is -1.02. The van der Waals surface area contributed by atoms with Crippen molar-refractivity contribution < 1.29 is 26.1 Å². The summed E-state index contributed by atoms with van der Waals surface area (Å²) in [4.78, 5) is 7.32. The molecule has 0 radical (unpaired) electrons. The minimum absolute atomic E-state index is 0.123. The van der Waals surface area contributed by atoms with Gasteiger partial charge in [0.25, 0.3) is 0 Å². The molecule has 2 aromatic rings. The van der Waals surface area contributed by atoms with Gasteiger partial charge in [-0.1, -0.05) is 19.0 Å². The third-order valence-corrected chi connectivity index (χ3v) is 4.30. The van der Waals surface area contributed by atoms with Crippen molar-refractivity contribution >= 4 is 9.84 Å². The summed E-state index contributed by atoms with van der Waals surface area (Å²) in [7, 11) is -3.97. The van der Waals surface area contributed by atoms with Crippen molar-refractivity contribution in [3.63, 3.8) is 0 Å². The normalized spacial score (nSPS) is 12.8. The lowest BCUT2D eigenvalue weighted by molar-refractivity contribution is -0.137. The Morgan fingerprint density at radius 1 is 1.26 bits per heavy atom. The predicted molar refractivity (Wildman–Crippen MR) is 73.0 cm³/mol. The molecule has 0 saturated carbocycles. The summed E-state index contributed by atoms with van der Waals surface area (Å²) in [6.45, 7) is 3.89. The van der Waals surface area contributed by atoms with Gasteiger partial charge in [-0.05, 0) is 18.1 Å². The first-order valence-corrected chi connectivity index (χ1v) is 8.30.